The maximum atomic E-state index is 12.1. The van der Waals surface area contributed by atoms with Crippen molar-refractivity contribution >= 4 is 11.9 Å². The summed E-state index contributed by atoms with van der Waals surface area (Å²) in [5, 5.41) is 10.7. The standard InChI is InChI=1S/C13H12F3NO4/c1-6-8-4-7(11(18)19)2-3-9(8)21-10(6)5-17-12(20)13(14,15)16/h2-4,6,10H,5H2,1H3,(H,17,20)(H,18,19)/t6-,10-/m0/s1. The van der Waals surface area contributed by atoms with Crippen molar-refractivity contribution in [2.75, 3.05) is 6.54 Å². The molecule has 2 N–H and O–H groups in total. The molecule has 1 amide bonds. The molecule has 0 saturated heterocycles. The Kier molecular flexibility index (Phi) is 3.80. The van der Waals surface area contributed by atoms with Crippen molar-refractivity contribution in [2.45, 2.75) is 25.1 Å². The van der Waals surface area contributed by atoms with Crippen LogP contribution < -0.4 is 10.1 Å². The number of carbonyl (C=O) groups excluding carboxylic acids is 1. The van der Waals surface area contributed by atoms with Crippen LogP contribution in [0, 0.1) is 0 Å². The van der Waals surface area contributed by atoms with E-state index in [2.05, 4.69) is 0 Å². The molecule has 0 bridgehead atoms. The van der Waals surface area contributed by atoms with Gasteiger partial charge in [-0.05, 0) is 18.2 Å². The molecule has 114 valence electrons. The first-order valence-corrected chi connectivity index (χ1v) is 6.09. The van der Waals surface area contributed by atoms with Crippen molar-refractivity contribution in [3.05, 3.63) is 29.3 Å². The van der Waals surface area contributed by atoms with Crippen LogP contribution in [0.5, 0.6) is 5.75 Å². The highest BCUT2D eigenvalue weighted by Gasteiger charge is 2.40. The maximum Gasteiger partial charge on any atom is 0.471 e. The number of nitrogens with one attached hydrogen (secondary N) is 1. The third kappa shape index (κ3) is 3.09. The molecule has 0 aromatic heterocycles. The molecule has 1 aliphatic heterocycles. The molecular formula is C13H12F3NO4. The Balaban J connectivity index is 2.07. The number of rotatable bonds is 3. The largest absolute Gasteiger partial charge is 0.488 e. The lowest BCUT2D eigenvalue weighted by molar-refractivity contribution is -0.173. The van der Waals surface area contributed by atoms with Crippen molar-refractivity contribution in [3.63, 3.8) is 0 Å². The summed E-state index contributed by atoms with van der Waals surface area (Å²) < 4.78 is 41.8. The number of aromatic carboxylic acids is 1. The van der Waals surface area contributed by atoms with Crippen molar-refractivity contribution in [1.82, 2.24) is 5.32 Å². The highest BCUT2D eigenvalue weighted by molar-refractivity contribution is 5.88. The topological polar surface area (TPSA) is 75.6 Å². The maximum absolute atomic E-state index is 12.1. The fourth-order valence-electron chi connectivity index (χ4n) is 2.12. The third-order valence-electron chi connectivity index (χ3n) is 3.30. The molecule has 8 heteroatoms. The molecule has 5 nitrogen and oxygen atoms in total. The van der Waals surface area contributed by atoms with Gasteiger partial charge in [-0.3, -0.25) is 4.79 Å². The van der Waals surface area contributed by atoms with Gasteiger partial charge < -0.3 is 15.2 Å². The van der Waals surface area contributed by atoms with Gasteiger partial charge in [-0.2, -0.15) is 13.2 Å². The number of benzene rings is 1. The van der Waals surface area contributed by atoms with Crippen LogP contribution in [-0.4, -0.2) is 35.8 Å². The Hall–Kier alpha value is -2.25. The van der Waals surface area contributed by atoms with Gasteiger partial charge in [0.25, 0.3) is 0 Å². The molecule has 0 saturated carbocycles. The molecule has 0 fully saturated rings. The van der Waals surface area contributed by atoms with Crippen LogP contribution >= 0.6 is 0 Å². The lowest BCUT2D eigenvalue weighted by atomic mass is 9.96. The van der Waals surface area contributed by atoms with Gasteiger partial charge in [0.15, 0.2) is 0 Å². The normalized spacial score (nSPS) is 20.6. The first kappa shape index (κ1) is 15.1. The van der Waals surface area contributed by atoms with E-state index < -0.39 is 24.2 Å². The second-order valence-electron chi connectivity index (χ2n) is 4.71. The summed E-state index contributed by atoms with van der Waals surface area (Å²) in [4.78, 5) is 21.7. The van der Waals surface area contributed by atoms with E-state index in [0.717, 1.165) is 0 Å². The van der Waals surface area contributed by atoms with Crippen molar-refractivity contribution in [2.24, 2.45) is 0 Å². The van der Waals surface area contributed by atoms with Gasteiger partial charge >= 0.3 is 18.1 Å². The van der Waals surface area contributed by atoms with Crippen molar-refractivity contribution in [1.29, 1.82) is 0 Å². The van der Waals surface area contributed by atoms with E-state index in [1.54, 1.807) is 12.2 Å². The van der Waals surface area contributed by atoms with Crippen LogP contribution in [0.25, 0.3) is 0 Å². The predicted octanol–water partition coefficient (Wildman–Crippen LogP) is 1.93. The smallest absolute Gasteiger partial charge is 0.471 e. The third-order valence-corrected chi connectivity index (χ3v) is 3.30. The van der Waals surface area contributed by atoms with Crippen LogP contribution in [-0.2, 0) is 4.79 Å². The fourth-order valence-corrected chi connectivity index (χ4v) is 2.12. The summed E-state index contributed by atoms with van der Waals surface area (Å²) in [5.41, 5.74) is 0.672. The Morgan fingerprint density at radius 3 is 2.62 bits per heavy atom. The Bertz CT molecular complexity index is 585. The SMILES string of the molecule is C[C@H]1c2cc(C(=O)O)ccc2O[C@H]1CNC(=O)C(F)(F)F. The number of carboxylic acids is 1. The molecular weight excluding hydrogens is 291 g/mol. The van der Waals surface area contributed by atoms with Crippen LogP contribution in [0.2, 0.25) is 0 Å². The highest BCUT2D eigenvalue weighted by atomic mass is 19.4. The number of amides is 1. The number of hydrogen-bond donors (Lipinski definition) is 2. The van der Waals surface area contributed by atoms with E-state index in [0.29, 0.717) is 11.3 Å². The van der Waals surface area contributed by atoms with Gasteiger partial charge in [0.1, 0.15) is 11.9 Å². The van der Waals surface area contributed by atoms with E-state index in [1.807, 2.05) is 0 Å². The minimum Gasteiger partial charge on any atom is -0.488 e. The zero-order valence-corrected chi connectivity index (χ0v) is 10.9. The second kappa shape index (κ2) is 5.27. The summed E-state index contributed by atoms with van der Waals surface area (Å²) >= 11 is 0. The number of fused-ring (bicyclic) bond motifs is 1. The fraction of sp³-hybridized carbons (Fsp3) is 0.385. The average molecular weight is 303 g/mol. The Morgan fingerprint density at radius 2 is 2.05 bits per heavy atom. The van der Waals surface area contributed by atoms with E-state index in [9.17, 15) is 22.8 Å². The molecule has 1 aliphatic rings. The van der Waals surface area contributed by atoms with Gasteiger partial charge in [0.2, 0.25) is 0 Å². The quantitative estimate of drug-likeness (QED) is 0.894. The number of carboxylic acid groups (broad SMARTS) is 1. The number of ether oxygens (including phenoxy) is 1. The van der Waals surface area contributed by atoms with Gasteiger partial charge in [0.05, 0.1) is 12.1 Å². The van der Waals surface area contributed by atoms with Crippen molar-refractivity contribution < 1.29 is 32.6 Å². The van der Waals surface area contributed by atoms with Gasteiger partial charge in [0, 0.05) is 11.5 Å². The van der Waals surface area contributed by atoms with E-state index in [-0.39, 0.29) is 18.0 Å². The van der Waals surface area contributed by atoms with Gasteiger partial charge in [-0.15, -0.1) is 0 Å². The number of hydrogen-bond acceptors (Lipinski definition) is 3. The lowest BCUT2D eigenvalue weighted by Crippen LogP contribution is -2.42. The van der Waals surface area contributed by atoms with E-state index >= 15 is 0 Å². The molecule has 1 aromatic rings. The average Bonchev–Trinajstić information content (AvgIpc) is 2.71. The van der Waals surface area contributed by atoms with Gasteiger partial charge in [-0.1, -0.05) is 6.92 Å². The number of halogens is 3. The second-order valence-corrected chi connectivity index (χ2v) is 4.71. The predicted molar refractivity (Wildman–Crippen MR) is 65.3 cm³/mol. The minimum absolute atomic E-state index is 0.0733. The Morgan fingerprint density at radius 1 is 1.38 bits per heavy atom. The van der Waals surface area contributed by atoms with Crippen molar-refractivity contribution in [3.8, 4) is 5.75 Å². The van der Waals surface area contributed by atoms with Gasteiger partial charge in [-0.25, -0.2) is 4.79 Å². The Labute approximate surface area is 117 Å². The minimum atomic E-state index is -4.94. The molecule has 2 atom stereocenters. The van der Waals surface area contributed by atoms with E-state index in [4.69, 9.17) is 9.84 Å². The molecule has 21 heavy (non-hydrogen) atoms. The summed E-state index contributed by atoms with van der Waals surface area (Å²) in [7, 11) is 0. The van der Waals surface area contributed by atoms with Crippen LogP contribution in [0.4, 0.5) is 13.2 Å². The molecule has 0 unspecified atom stereocenters. The summed E-state index contributed by atoms with van der Waals surface area (Å²) in [6.45, 7) is 1.39. The number of carbonyl (C=O) groups is 2. The van der Waals surface area contributed by atoms with Crippen LogP contribution in [0.15, 0.2) is 18.2 Å². The molecule has 0 aliphatic carbocycles. The summed E-state index contributed by atoms with van der Waals surface area (Å²) in [6, 6.07) is 4.24. The monoisotopic (exact) mass is 303 g/mol. The first-order valence-electron chi connectivity index (χ1n) is 6.09. The molecule has 0 spiro atoms. The lowest BCUT2D eigenvalue weighted by Gasteiger charge is -2.16. The molecule has 2 rings (SSSR count). The highest BCUT2D eigenvalue weighted by Crippen LogP contribution is 2.38. The summed E-state index contributed by atoms with van der Waals surface area (Å²) in [5.74, 6) is -3.04. The zero-order chi connectivity index (χ0) is 15.8. The molecule has 1 heterocycles. The summed E-state index contributed by atoms with van der Waals surface area (Å²) in [6.07, 6.45) is -5.61. The van der Waals surface area contributed by atoms with Crippen LogP contribution in [0.1, 0.15) is 28.8 Å². The van der Waals surface area contributed by atoms with Crippen LogP contribution in [0.3, 0.4) is 0 Å². The molecule has 1 aromatic carbocycles. The zero-order valence-electron chi connectivity index (χ0n) is 10.9. The first-order chi connectivity index (χ1) is 9.70. The molecule has 0 radical (unpaired) electrons. The van der Waals surface area contributed by atoms with E-state index in [1.165, 1.54) is 18.2 Å². The number of alkyl halides is 3.